The monoisotopic (exact) mass is 237 g/mol. The van der Waals surface area contributed by atoms with Crippen LogP contribution in [-0.4, -0.2) is 34.6 Å². The first-order chi connectivity index (χ1) is 7.92. The summed E-state index contributed by atoms with van der Waals surface area (Å²) in [6, 6.07) is 1.74. The molecular weight excluding hydrogens is 218 g/mol. The van der Waals surface area contributed by atoms with E-state index in [1.165, 1.54) is 0 Å². The fourth-order valence-corrected chi connectivity index (χ4v) is 1.31. The van der Waals surface area contributed by atoms with E-state index in [1.54, 1.807) is 23.4 Å². The largest absolute Gasteiger partial charge is 0.459 e. The number of likely N-dealkylation sites (N-methyl/N-ethyl adjacent to an activating group) is 1. The molecule has 0 bridgehead atoms. The van der Waals surface area contributed by atoms with Crippen molar-refractivity contribution >= 4 is 11.9 Å². The van der Waals surface area contributed by atoms with Crippen LogP contribution in [0.4, 0.5) is 5.95 Å². The second-order valence-corrected chi connectivity index (χ2v) is 4.65. The first kappa shape index (κ1) is 13.4. The molecule has 0 N–H and O–H groups in total. The van der Waals surface area contributed by atoms with Gasteiger partial charge in [-0.25, -0.2) is 9.97 Å². The first-order valence-electron chi connectivity index (χ1n) is 5.66. The summed E-state index contributed by atoms with van der Waals surface area (Å²) < 4.78 is 5.26. The van der Waals surface area contributed by atoms with Crippen molar-refractivity contribution in [2.75, 3.05) is 18.0 Å². The molecule has 1 rings (SSSR count). The number of rotatable bonds is 4. The lowest BCUT2D eigenvalue weighted by atomic mass is 10.2. The number of nitrogens with zero attached hydrogens (tertiary/aromatic N) is 3. The number of ether oxygens (including phenoxy) is 1. The van der Waals surface area contributed by atoms with Gasteiger partial charge in [0.25, 0.3) is 0 Å². The highest BCUT2D eigenvalue weighted by atomic mass is 16.6. The Hall–Kier alpha value is -1.65. The number of carbonyl (C=O) groups is 1. The predicted molar refractivity (Wildman–Crippen MR) is 65.8 cm³/mol. The summed E-state index contributed by atoms with van der Waals surface area (Å²) in [5.74, 6) is 0.271. The minimum absolute atomic E-state index is 0.164. The summed E-state index contributed by atoms with van der Waals surface area (Å²) in [6.45, 7) is 8.31. The third kappa shape index (κ3) is 4.80. The van der Waals surface area contributed by atoms with Gasteiger partial charge in [0.2, 0.25) is 5.95 Å². The molecule has 0 spiro atoms. The van der Waals surface area contributed by atoms with E-state index in [9.17, 15) is 4.79 Å². The fraction of sp³-hybridized carbons (Fsp3) is 0.583. The maximum absolute atomic E-state index is 11.7. The highest BCUT2D eigenvalue weighted by molar-refractivity contribution is 5.75. The van der Waals surface area contributed by atoms with Gasteiger partial charge in [-0.3, -0.25) is 4.79 Å². The van der Waals surface area contributed by atoms with Gasteiger partial charge in [0.1, 0.15) is 12.1 Å². The van der Waals surface area contributed by atoms with Crippen LogP contribution in [0.1, 0.15) is 27.7 Å². The Morgan fingerprint density at radius 1 is 1.35 bits per heavy atom. The predicted octanol–water partition coefficient (Wildman–Crippen LogP) is 1.64. The number of carbonyl (C=O) groups excluding carboxylic acids is 1. The number of esters is 1. The topological polar surface area (TPSA) is 55.3 Å². The maximum atomic E-state index is 11.7. The van der Waals surface area contributed by atoms with E-state index in [0.717, 1.165) is 0 Å². The number of aromatic nitrogens is 2. The van der Waals surface area contributed by atoms with Crippen LogP contribution in [0.3, 0.4) is 0 Å². The van der Waals surface area contributed by atoms with Crippen molar-refractivity contribution in [3.8, 4) is 0 Å². The standard InChI is InChI=1S/C12H19N3O2/c1-5-15(11-13-7-6-8-14-11)9-10(16)17-12(2,3)4/h6-8H,5,9H2,1-4H3. The van der Waals surface area contributed by atoms with Crippen molar-refractivity contribution in [3.05, 3.63) is 18.5 Å². The molecule has 0 aromatic carbocycles. The minimum atomic E-state index is -0.464. The van der Waals surface area contributed by atoms with Gasteiger partial charge in [0, 0.05) is 18.9 Å². The van der Waals surface area contributed by atoms with Gasteiger partial charge in [-0.2, -0.15) is 0 Å². The van der Waals surface area contributed by atoms with E-state index in [2.05, 4.69) is 9.97 Å². The molecule has 1 heterocycles. The zero-order valence-electron chi connectivity index (χ0n) is 10.8. The second kappa shape index (κ2) is 5.61. The molecule has 0 aliphatic carbocycles. The average Bonchev–Trinajstić information content (AvgIpc) is 2.24. The highest BCUT2D eigenvalue weighted by Gasteiger charge is 2.19. The molecule has 0 atom stereocenters. The van der Waals surface area contributed by atoms with Crippen LogP contribution in [0, 0.1) is 0 Å². The van der Waals surface area contributed by atoms with Crippen LogP contribution in [0.25, 0.3) is 0 Å². The van der Waals surface area contributed by atoms with Crippen LogP contribution in [0.2, 0.25) is 0 Å². The van der Waals surface area contributed by atoms with E-state index in [1.807, 2.05) is 27.7 Å². The third-order valence-corrected chi connectivity index (χ3v) is 1.96. The number of hydrogen-bond acceptors (Lipinski definition) is 5. The summed E-state index contributed by atoms with van der Waals surface area (Å²) in [7, 11) is 0. The molecule has 5 nitrogen and oxygen atoms in total. The van der Waals surface area contributed by atoms with E-state index in [0.29, 0.717) is 12.5 Å². The zero-order valence-corrected chi connectivity index (χ0v) is 10.8. The molecule has 1 aromatic rings. The van der Waals surface area contributed by atoms with Gasteiger partial charge < -0.3 is 9.64 Å². The smallest absolute Gasteiger partial charge is 0.326 e. The van der Waals surface area contributed by atoms with Crippen LogP contribution in [0.15, 0.2) is 18.5 Å². The van der Waals surface area contributed by atoms with Crippen LogP contribution in [-0.2, 0) is 9.53 Å². The normalized spacial score (nSPS) is 11.1. The third-order valence-electron chi connectivity index (χ3n) is 1.96. The van der Waals surface area contributed by atoms with Crippen LogP contribution >= 0.6 is 0 Å². The van der Waals surface area contributed by atoms with Gasteiger partial charge in [-0.1, -0.05) is 0 Å². The summed E-state index contributed by atoms with van der Waals surface area (Å²) >= 11 is 0. The molecule has 0 saturated heterocycles. The van der Waals surface area contributed by atoms with Crippen molar-refractivity contribution in [1.29, 1.82) is 0 Å². The van der Waals surface area contributed by atoms with Gasteiger partial charge in [0.05, 0.1) is 0 Å². The second-order valence-electron chi connectivity index (χ2n) is 4.65. The maximum Gasteiger partial charge on any atom is 0.326 e. The Morgan fingerprint density at radius 2 is 1.94 bits per heavy atom. The molecule has 0 aliphatic heterocycles. The van der Waals surface area contributed by atoms with E-state index in [-0.39, 0.29) is 12.5 Å². The van der Waals surface area contributed by atoms with Crippen molar-refractivity contribution in [2.45, 2.75) is 33.3 Å². The molecule has 0 radical (unpaired) electrons. The molecule has 1 aromatic heterocycles. The molecule has 0 saturated carbocycles. The van der Waals surface area contributed by atoms with Gasteiger partial charge >= 0.3 is 5.97 Å². The van der Waals surface area contributed by atoms with Crippen molar-refractivity contribution in [1.82, 2.24) is 9.97 Å². The average molecular weight is 237 g/mol. The van der Waals surface area contributed by atoms with Crippen LogP contribution in [0.5, 0.6) is 0 Å². The lowest BCUT2D eigenvalue weighted by Gasteiger charge is -2.24. The van der Waals surface area contributed by atoms with Crippen molar-refractivity contribution in [3.63, 3.8) is 0 Å². The molecule has 5 heteroatoms. The first-order valence-corrected chi connectivity index (χ1v) is 5.66. The van der Waals surface area contributed by atoms with Gasteiger partial charge in [-0.15, -0.1) is 0 Å². The SMILES string of the molecule is CCN(CC(=O)OC(C)(C)C)c1ncccn1. The molecule has 17 heavy (non-hydrogen) atoms. The number of hydrogen-bond donors (Lipinski definition) is 0. The Kier molecular flexibility index (Phi) is 4.43. The summed E-state index contributed by atoms with van der Waals surface area (Å²) in [4.78, 5) is 21.7. The number of anilines is 1. The van der Waals surface area contributed by atoms with Gasteiger partial charge in [0.15, 0.2) is 0 Å². The highest BCUT2D eigenvalue weighted by Crippen LogP contribution is 2.09. The molecule has 0 fully saturated rings. The molecule has 0 amide bonds. The quantitative estimate of drug-likeness (QED) is 0.745. The molecular formula is C12H19N3O2. The Labute approximate surface area is 102 Å². The lowest BCUT2D eigenvalue weighted by molar-refractivity contribution is -0.153. The van der Waals surface area contributed by atoms with Gasteiger partial charge in [-0.05, 0) is 33.8 Å². The van der Waals surface area contributed by atoms with Crippen molar-refractivity contribution < 1.29 is 9.53 Å². The minimum Gasteiger partial charge on any atom is -0.459 e. The zero-order chi connectivity index (χ0) is 12.9. The Balaban J connectivity index is 2.62. The van der Waals surface area contributed by atoms with E-state index in [4.69, 9.17) is 4.74 Å². The summed E-state index contributed by atoms with van der Waals surface area (Å²) in [5, 5.41) is 0. The molecule has 94 valence electrons. The van der Waals surface area contributed by atoms with E-state index < -0.39 is 5.60 Å². The summed E-state index contributed by atoms with van der Waals surface area (Å²) in [6.07, 6.45) is 3.31. The fourth-order valence-electron chi connectivity index (χ4n) is 1.31. The Morgan fingerprint density at radius 3 is 2.41 bits per heavy atom. The van der Waals surface area contributed by atoms with E-state index >= 15 is 0 Å². The summed E-state index contributed by atoms with van der Waals surface area (Å²) in [5.41, 5.74) is -0.464. The Bertz CT molecular complexity index is 360. The molecule has 0 aliphatic rings. The van der Waals surface area contributed by atoms with Crippen molar-refractivity contribution in [2.24, 2.45) is 0 Å². The van der Waals surface area contributed by atoms with Crippen LogP contribution < -0.4 is 4.90 Å². The lowest BCUT2D eigenvalue weighted by Crippen LogP contribution is -2.35. The molecule has 0 unspecified atom stereocenters.